The van der Waals surface area contributed by atoms with E-state index in [-0.39, 0.29) is 18.2 Å². The summed E-state index contributed by atoms with van der Waals surface area (Å²) >= 11 is 0. The van der Waals surface area contributed by atoms with Crippen molar-refractivity contribution in [2.45, 2.75) is 13.1 Å². The van der Waals surface area contributed by atoms with Gasteiger partial charge < -0.3 is 10.6 Å². The predicted octanol–water partition coefficient (Wildman–Crippen LogP) is 3.06. The van der Waals surface area contributed by atoms with Crippen LogP contribution in [-0.4, -0.2) is 7.05 Å². The summed E-state index contributed by atoms with van der Waals surface area (Å²) in [6, 6.07) is 11.1. The molecule has 2 aromatic carbocycles. The quantitative estimate of drug-likeness (QED) is 0.917. The van der Waals surface area contributed by atoms with Gasteiger partial charge in [0.15, 0.2) is 0 Å². The van der Waals surface area contributed by atoms with Gasteiger partial charge in [-0.2, -0.15) is 0 Å². The molecule has 0 radical (unpaired) electrons. The van der Waals surface area contributed by atoms with E-state index in [4.69, 9.17) is 5.73 Å². The first kappa shape index (κ1) is 13.5. The van der Waals surface area contributed by atoms with E-state index in [0.29, 0.717) is 12.2 Å². The van der Waals surface area contributed by atoms with Gasteiger partial charge in [-0.15, -0.1) is 0 Å². The zero-order valence-corrected chi connectivity index (χ0v) is 10.7. The number of hydrogen-bond acceptors (Lipinski definition) is 2. The van der Waals surface area contributed by atoms with Gasteiger partial charge in [-0.05, 0) is 35.4 Å². The number of hydrogen-bond donors (Lipinski definition) is 1. The molecule has 0 aliphatic heterocycles. The molecule has 0 fully saturated rings. The molecule has 100 valence electrons. The maximum atomic E-state index is 13.7. The second kappa shape index (κ2) is 5.80. The Bertz CT molecular complexity index is 570. The molecule has 0 saturated carbocycles. The highest BCUT2D eigenvalue weighted by atomic mass is 19.1. The molecule has 2 nitrogen and oxygen atoms in total. The smallest absolute Gasteiger partial charge is 0.146 e. The third-order valence-electron chi connectivity index (χ3n) is 3.06. The summed E-state index contributed by atoms with van der Waals surface area (Å²) in [7, 11) is 1.79. The fourth-order valence-corrected chi connectivity index (χ4v) is 2.04. The molecule has 2 N–H and O–H groups in total. The minimum atomic E-state index is -0.308. The van der Waals surface area contributed by atoms with E-state index in [1.165, 1.54) is 18.2 Å². The fourth-order valence-electron chi connectivity index (χ4n) is 2.04. The van der Waals surface area contributed by atoms with Crippen LogP contribution < -0.4 is 10.6 Å². The highest BCUT2D eigenvalue weighted by molar-refractivity contribution is 5.48. The summed E-state index contributed by atoms with van der Waals surface area (Å²) in [5.74, 6) is -0.584. The van der Waals surface area contributed by atoms with Gasteiger partial charge in [0.2, 0.25) is 0 Å². The van der Waals surface area contributed by atoms with Crippen LogP contribution in [0.3, 0.4) is 0 Å². The van der Waals surface area contributed by atoms with Crippen molar-refractivity contribution in [1.82, 2.24) is 0 Å². The van der Waals surface area contributed by atoms with Crippen LogP contribution in [-0.2, 0) is 13.1 Å². The fraction of sp³-hybridized carbons (Fsp3) is 0.200. The molecule has 0 aliphatic carbocycles. The van der Waals surface area contributed by atoms with Crippen molar-refractivity contribution in [3.8, 4) is 0 Å². The summed E-state index contributed by atoms with van der Waals surface area (Å²) in [4.78, 5) is 1.78. The van der Waals surface area contributed by atoms with Gasteiger partial charge >= 0.3 is 0 Å². The minimum absolute atomic E-state index is 0.262. The number of benzene rings is 2. The first-order chi connectivity index (χ1) is 9.11. The lowest BCUT2D eigenvalue weighted by Crippen LogP contribution is -2.19. The summed E-state index contributed by atoms with van der Waals surface area (Å²) in [6.45, 7) is 0.742. The SMILES string of the molecule is CN(Cc1ccc(F)cc1CN)c1ccccc1F. The van der Waals surface area contributed by atoms with E-state index in [9.17, 15) is 8.78 Å². The Labute approximate surface area is 111 Å². The van der Waals surface area contributed by atoms with Crippen LogP contribution in [0, 0.1) is 11.6 Å². The van der Waals surface area contributed by atoms with Crippen molar-refractivity contribution in [3.63, 3.8) is 0 Å². The molecule has 0 atom stereocenters. The minimum Gasteiger partial charge on any atom is -0.368 e. The van der Waals surface area contributed by atoms with Gasteiger partial charge in [-0.1, -0.05) is 18.2 Å². The molecule has 0 bridgehead atoms. The molecule has 2 aromatic rings. The van der Waals surface area contributed by atoms with Crippen LogP contribution >= 0.6 is 0 Å². The summed E-state index contributed by atoms with van der Waals surface area (Å²) in [5, 5.41) is 0. The van der Waals surface area contributed by atoms with Crippen molar-refractivity contribution >= 4 is 5.69 Å². The van der Waals surface area contributed by atoms with Gasteiger partial charge in [-0.25, -0.2) is 8.78 Å². The Morgan fingerprint density at radius 3 is 2.47 bits per heavy atom. The van der Waals surface area contributed by atoms with Crippen molar-refractivity contribution in [1.29, 1.82) is 0 Å². The number of rotatable bonds is 4. The maximum Gasteiger partial charge on any atom is 0.146 e. The van der Waals surface area contributed by atoms with Gasteiger partial charge in [0.25, 0.3) is 0 Å². The molecular formula is C15H16F2N2. The normalized spacial score (nSPS) is 10.5. The molecule has 0 aliphatic rings. The van der Waals surface area contributed by atoms with Gasteiger partial charge in [0.05, 0.1) is 5.69 Å². The van der Waals surface area contributed by atoms with Gasteiger partial charge in [-0.3, -0.25) is 0 Å². The molecule has 0 spiro atoms. The Morgan fingerprint density at radius 1 is 1.05 bits per heavy atom. The Kier molecular flexibility index (Phi) is 4.12. The first-order valence-corrected chi connectivity index (χ1v) is 6.05. The van der Waals surface area contributed by atoms with Crippen LogP contribution in [0.2, 0.25) is 0 Å². The average molecular weight is 262 g/mol. The van der Waals surface area contributed by atoms with Crippen molar-refractivity contribution in [2.75, 3.05) is 11.9 Å². The monoisotopic (exact) mass is 262 g/mol. The van der Waals surface area contributed by atoms with Crippen LogP contribution in [0.15, 0.2) is 42.5 Å². The number of nitrogens with zero attached hydrogens (tertiary/aromatic N) is 1. The predicted molar refractivity (Wildman–Crippen MR) is 72.8 cm³/mol. The van der Waals surface area contributed by atoms with Crippen molar-refractivity contribution in [2.24, 2.45) is 5.73 Å². The Morgan fingerprint density at radius 2 is 1.79 bits per heavy atom. The topological polar surface area (TPSA) is 29.3 Å². The van der Waals surface area contributed by atoms with Gasteiger partial charge in [0.1, 0.15) is 11.6 Å². The lowest BCUT2D eigenvalue weighted by molar-refractivity contribution is 0.619. The van der Waals surface area contributed by atoms with Crippen LogP contribution in [0.4, 0.5) is 14.5 Å². The number of nitrogens with two attached hydrogens (primary N) is 1. The van der Waals surface area contributed by atoms with Gasteiger partial charge in [0, 0.05) is 20.1 Å². The maximum absolute atomic E-state index is 13.7. The van der Waals surface area contributed by atoms with E-state index < -0.39 is 0 Å². The Hall–Kier alpha value is -1.94. The standard InChI is InChI=1S/C15H16F2N2/c1-19(15-5-3-2-4-14(15)17)10-11-6-7-13(16)8-12(11)9-18/h2-8H,9-10,18H2,1H3. The summed E-state index contributed by atoms with van der Waals surface area (Å²) in [5.41, 5.74) is 7.75. The second-order valence-electron chi connectivity index (χ2n) is 4.42. The molecular weight excluding hydrogens is 246 g/mol. The van der Waals surface area contributed by atoms with E-state index in [1.54, 1.807) is 36.2 Å². The van der Waals surface area contributed by atoms with E-state index in [0.717, 1.165) is 11.1 Å². The zero-order chi connectivity index (χ0) is 13.8. The van der Waals surface area contributed by atoms with E-state index >= 15 is 0 Å². The average Bonchev–Trinajstić information content (AvgIpc) is 2.41. The molecule has 4 heteroatoms. The third kappa shape index (κ3) is 3.09. The second-order valence-corrected chi connectivity index (χ2v) is 4.42. The Balaban J connectivity index is 2.24. The summed E-state index contributed by atoms with van der Waals surface area (Å²) < 4.78 is 26.8. The molecule has 19 heavy (non-hydrogen) atoms. The highest BCUT2D eigenvalue weighted by Crippen LogP contribution is 2.21. The number of halogens is 2. The van der Waals surface area contributed by atoms with Crippen molar-refractivity contribution < 1.29 is 8.78 Å². The molecule has 2 rings (SSSR count). The van der Waals surface area contributed by atoms with Crippen molar-refractivity contribution in [3.05, 3.63) is 65.2 Å². The van der Waals surface area contributed by atoms with E-state index in [2.05, 4.69) is 0 Å². The highest BCUT2D eigenvalue weighted by Gasteiger charge is 2.10. The zero-order valence-electron chi connectivity index (χ0n) is 10.7. The third-order valence-corrected chi connectivity index (χ3v) is 3.06. The molecule has 0 heterocycles. The lowest BCUT2D eigenvalue weighted by atomic mass is 10.1. The van der Waals surface area contributed by atoms with Crippen LogP contribution in [0.5, 0.6) is 0 Å². The first-order valence-electron chi connectivity index (χ1n) is 6.05. The number of anilines is 1. The molecule has 0 saturated heterocycles. The number of para-hydroxylation sites is 1. The van der Waals surface area contributed by atoms with Crippen LogP contribution in [0.25, 0.3) is 0 Å². The van der Waals surface area contributed by atoms with E-state index in [1.807, 2.05) is 0 Å². The molecule has 0 unspecified atom stereocenters. The largest absolute Gasteiger partial charge is 0.368 e. The summed E-state index contributed by atoms with van der Waals surface area (Å²) in [6.07, 6.45) is 0. The molecule has 0 amide bonds. The van der Waals surface area contributed by atoms with Crippen LogP contribution in [0.1, 0.15) is 11.1 Å². The lowest BCUT2D eigenvalue weighted by Gasteiger charge is -2.21. The molecule has 0 aromatic heterocycles.